The van der Waals surface area contributed by atoms with Crippen molar-refractivity contribution in [1.82, 2.24) is 10.2 Å². The van der Waals surface area contributed by atoms with Gasteiger partial charge in [-0.1, -0.05) is 18.2 Å². The van der Waals surface area contributed by atoms with Crippen LogP contribution in [0.5, 0.6) is 5.75 Å². The van der Waals surface area contributed by atoms with Crippen LogP contribution in [0, 0.1) is 0 Å². The summed E-state index contributed by atoms with van der Waals surface area (Å²) in [5.41, 5.74) is 1.30. The van der Waals surface area contributed by atoms with Crippen LogP contribution < -0.4 is 10.1 Å². The van der Waals surface area contributed by atoms with Crippen molar-refractivity contribution >= 4 is 0 Å². The lowest BCUT2D eigenvalue weighted by Crippen LogP contribution is -2.38. The lowest BCUT2D eigenvalue weighted by Gasteiger charge is -2.29. The lowest BCUT2D eigenvalue weighted by molar-refractivity contribution is 0.237. The van der Waals surface area contributed by atoms with Gasteiger partial charge in [0.2, 0.25) is 0 Å². The first-order chi connectivity index (χ1) is 8.18. The molecule has 1 heterocycles. The van der Waals surface area contributed by atoms with E-state index in [0.29, 0.717) is 12.1 Å². The van der Waals surface area contributed by atoms with E-state index in [1.165, 1.54) is 5.56 Å². The van der Waals surface area contributed by atoms with Gasteiger partial charge >= 0.3 is 0 Å². The van der Waals surface area contributed by atoms with Gasteiger partial charge in [-0.25, -0.2) is 0 Å². The molecular formula is C14H22N2O. The van der Waals surface area contributed by atoms with Crippen LogP contribution in [-0.4, -0.2) is 38.2 Å². The third-order valence-electron chi connectivity index (χ3n) is 3.50. The number of ether oxygens (including phenoxy) is 1. The molecule has 17 heavy (non-hydrogen) atoms. The molecule has 0 radical (unpaired) electrons. The molecule has 2 atom stereocenters. The number of nitrogens with zero attached hydrogens (tertiary/aromatic N) is 1. The van der Waals surface area contributed by atoms with E-state index in [1.54, 1.807) is 0 Å². The molecule has 1 N–H and O–H groups in total. The molecule has 0 saturated heterocycles. The molecular weight excluding hydrogens is 212 g/mol. The van der Waals surface area contributed by atoms with Gasteiger partial charge in [0.05, 0.1) is 6.61 Å². The molecule has 1 aliphatic heterocycles. The number of hydrogen-bond donors (Lipinski definition) is 1. The second-order valence-electron chi connectivity index (χ2n) is 4.95. The molecule has 0 aliphatic carbocycles. The van der Waals surface area contributed by atoms with Crippen molar-refractivity contribution in [2.45, 2.75) is 25.4 Å². The van der Waals surface area contributed by atoms with Crippen molar-refractivity contribution < 1.29 is 4.74 Å². The first kappa shape index (κ1) is 12.4. The number of nitrogens with one attached hydrogen (secondary N) is 1. The molecule has 0 saturated carbocycles. The minimum Gasteiger partial charge on any atom is -0.493 e. The van der Waals surface area contributed by atoms with Gasteiger partial charge in [0.15, 0.2) is 0 Å². The van der Waals surface area contributed by atoms with Crippen LogP contribution in [0.2, 0.25) is 0 Å². The Morgan fingerprint density at radius 3 is 2.94 bits per heavy atom. The zero-order chi connectivity index (χ0) is 12.3. The topological polar surface area (TPSA) is 24.5 Å². The smallest absolute Gasteiger partial charge is 0.124 e. The summed E-state index contributed by atoms with van der Waals surface area (Å²) in [5.74, 6) is 1.04. The molecule has 1 aromatic rings. The van der Waals surface area contributed by atoms with Gasteiger partial charge in [0, 0.05) is 30.6 Å². The average Bonchev–Trinajstić information content (AvgIpc) is 2.35. The Balaban J connectivity index is 1.99. The maximum atomic E-state index is 5.66. The van der Waals surface area contributed by atoms with Gasteiger partial charge in [0.25, 0.3) is 0 Å². The first-order valence-corrected chi connectivity index (χ1v) is 6.30. The van der Waals surface area contributed by atoms with Crippen molar-refractivity contribution in [3.05, 3.63) is 29.8 Å². The van der Waals surface area contributed by atoms with E-state index in [0.717, 1.165) is 25.3 Å². The molecule has 0 bridgehead atoms. The number of likely N-dealkylation sites (N-methyl/N-ethyl adjacent to an activating group) is 1. The first-order valence-electron chi connectivity index (χ1n) is 6.30. The van der Waals surface area contributed by atoms with E-state index in [2.05, 4.69) is 49.4 Å². The Morgan fingerprint density at radius 2 is 2.18 bits per heavy atom. The van der Waals surface area contributed by atoms with Gasteiger partial charge in [-0.15, -0.1) is 0 Å². The fourth-order valence-corrected chi connectivity index (χ4v) is 2.05. The van der Waals surface area contributed by atoms with E-state index in [4.69, 9.17) is 4.74 Å². The molecule has 2 rings (SSSR count). The number of benzene rings is 1. The van der Waals surface area contributed by atoms with Gasteiger partial charge < -0.3 is 15.0 Å². The van der Waals surface area contributed by atoms with E-state index < -0.39 is 0 Å². The monoisotopic (exact) mass is 234 g/mol. The molecule has 1 aromatic carbocycles. The third kappa shape index (κ3) is 2.99. The zero-order valence-electron chi connectivity index (χ0n) is 10.9. The average molecular weight is 234 g/mol. The highest BCUT2D eigenvalue weighted by atomic mass is 16.5. The summed E-state index contributed by atoms with van der Waals surface area (Å²) in [7, 11) is 4.23. The minimum atomic E-state index is 0.433. The fourth-order valence-electron chi connectivity index (χ4n) is 2.05. The highest BCUT2D eigenvalue weighted by Gasteiger charge is 2.20. The molecule has 3 heteroatoms. The predicted molar refractivity (Wildman–Crippen MR) is 70.4 cm³/mol. The molecule has 0 spiro atoms. The van der Waals surface area contributed by atoms with Gasteiger partial charge in [0.1, 0.15) is 5.75 Å². The molecule has 3 nitrogen and oxygen atoms in total. The van der Waals surface area contributed by atoms with Gasteiger partial charge in [-0.05, 0) is 27.1 Å². The van der Waals surface area contributed by atoms with Crippen LogP contribution in [0.15, 0.2) is 24.3 Å². The third-order valence-corrected chi connectivity index (χ3v) is 3.50. The standard InChI is InChI=1S/C14H22N2O/c1-11(16(2)3)10-15-13-8-9-17-14-7-5-4-6-12(13)14/h4-7,11,13,15H,8-10H2,1-3H3. The summed E-state index contributed by atoms with van der Waals surface area (Å²) in [5, 5.41) is 3.64. The van der Waals surface area contributed by atoms with Gasteiger partial charge in [-0.2, -0.15) is 0 Å². The largest absolute Gasteiger partial charge is 0.493 e. The Hall–Kier alpha value is -1.06. The van der Waals surface area contributed by atoms with E-state index in [9.17, 15) is 0 Å². The molecule has 94 valence electrons. The van der Waals surface area contributed by atoms with Gasteiger partial charge in [-0.3, -0.25) is 0 Å². The Morgan fingerprint density at radius 1 is 1.41 bits per heavy atom. The highest BCUT2D eigenvalue weighted by Crippen LogP contribution is 2.31. The quantitative estimate of drug-likeness (QED) is 0.863. The molecule has 1 aliphatic rings. The van der Waals surface area contributed by atoms with Crippen molar-refractivity contribution in [2.24, 2.45) is 0 Å². The number of para-hydroxylation sites is 1. The fraction of sp³-hybridized carbons (Fsp3) is 0.571. The molecule has 2 unspecified atom stereocenters. The summed E-state index contributed by atoms with van der Waals surface area (Å²) in [4.78, 5) is 2.23. The Labute approximate surface area is 104 Å². The summed E-state index contributed by atoms with van der Waals surface area (Å²) < 4.78 is 5.66. The number of fused-ring (bicyclic) bond motifs is 1. The second-order valence-corrected chi connectivity index (χ2v) is 4.95. The van der Waals surface area contributed by atoms with Crippen LogP contribution in [-0.2, 0) is 0 Å². The molecule has 0 aromatic heterocycles. The van der Waals surface area contributed by atoms with Crippen LogP contribution >= 0.6 is 0 Å². The minimum absolute atomic E-state index is 0.433. The highest BCUT2D eigenvalue weighted by molar-refractivity contribution is 5.37. The normalized spacial score (nSPS) is 20.8. The maximum absolute atomic E-state index is 5.66. The molecule has 0 fully saturated rings. The Kier molecular flexibility index (Phi) is 4.02. The lowest BCUT2D eigenvalue weighted by atomic mass is 10.0. The number of rotatable bonds is 4. The SMILES string of the molecule is CC(CNC1CCOc2ccccc21)N(C)C. The second kappa shape index (κ2) is 5.52. The predicted octanol–water partition coefficient (Wildman–Crippen LogP) is 2.05. The van der Waals surface area contributed by atoms with Crippen LogP contribution in [0.1, 0.15) is 24.9 Å². The number of hydrogen-bond acceptors (Lipinski definition) is 3. The van der Waals surface area contributed by atoms with E-state index in [-0.39, 0.29) is 0 Å². The van der Waals surface area contributed by atoms with Crippen LogP contribution in [0.4, 0.5) is 0 Å². The van der Waals surface area contributed by atoms with Crippen molar-refractivity contribution in [3.8, 4) is 5.75 Å². The van der Waals surface area contributed by atoms with E-state index >= 15 is 0 Å². The van der Waals surface area contributed by atoms with Crippen molar-refractivity contribution in [3.63, 3.8) is 0 Å². The summed E-state index contributed by atoms with van der Waals surface area (Å²) in [6.45, 7) is 4.05. The maximum Gasteiger partial charge on any atom is 0.124 e. The summed E-state index contributed by atoms with van der Waals surface area (Å²) >= 11 is 0. The van der Waals surface area contributed by atoms with Crippen molar-refractivity contribution in [2.75, 3.05) is 27.2 Å². The zero-order valence-corrected chi connectivity index (χ0v) is 10.9. The van der Waals surface area contributed by atoms with E-state index in [1.807, 2.05) is 6.07 Å². The van der Waals surface area contributed by atoms with Crippen molar-refractivity contribution in [1.29, 1.82) is 0 Å². The summed E-state index contributed by atoms with van der Waals surface area (Å²) in [6.07, 6.45) is 1.05. The van der Waals surface area contributed by atoms with Crippen LogP contribution in [0.3, 0.4) is 0 Å². The Bertz CT molecular complexity index is 365. The molecule has 0 amide bonds. The summed E-state index contributed by atoms with van der Waals surface area (Å²) in [6, 6.07) is 9.30. The van der Waals surface area contributed by atoms with Crippen LogP contribution in [0.25, 0.3) is 0 Å².